The normalized spacial score (nSPS) is 29.5. The molecule has 1 atom stereocenters. The van der Waals surface area contributed by atoms with Gasteiger partial charge in [0.15, 0.2) is 0 Å². The predicted molar refractivity (Wildman–Crippen MR) is 55.3 cm³/mol. The number of amides is 1. The fourth-order valence-corrected chi connectivity index (χ4v) is 1.49. The molecule has 2 N–H and O–H groups in total. The third kappa shape index (κ3) is 2.68. The van der Waals surface area contributed by atoms with Gasteiger partial charge in [-0.2, -0.15) is 0 Å². The zero-order valence-electron chi connectivity index (χ0n) is 9.64. The van der Waals surface area contributed by atoms with E-state index in [0.29, 0.717) is 6.54 Å². The lowest BCUT2D eigenvalue weighted by Crippen LogP contribution is -2.69. The topological polar surface area (TPSA) is 67.4 Å². The van der Waals surface area contributed by atoms with Gasteiger partial charge in [0.1, 0.15) is 5.54 Å². The molecule has 1 aliphatic rings. The largest absolute Gasteiger partial charge is 0.469 e. The van der Waals surface area contributed by atoms with Crippen LogP contribution in [0.2, 0.25) is 0 Å². The second-order valence-corrected chi connectivity index (χ2v) is 4.78. The number of esters is 1. The van der Waals surface area contributed by atoms with Crippen LogP contribution in [0.25, 0.3) is 0 Å². The minimum absolute atomic E-state index is 0.0470. The first-order valence-electron chi connectivity index (χ1n) is 4.93. The van der Waals surface area contributed by atoms with Gasteiger partial charge in [0, 0.05) is 12.1 Å². The van der Waals surface area contributed by atoms with Gasteiger partial charge in [-0.05, 0) is 20.8 Å². The molecule has 5 heteroatoms. The van der Waals surface area contributed by atoms with E-state index in [0.717, 1.165) is 0 Å². The summed E-state index contributed by atoms with van der Waals surface area (Å²) in [7, 11) is 1.32. The van der Waals surface area contributed by atoms with Crippen LogP contribution < -0.4 is 10.6 Å². The van der Waals surface area contributed by atoms with E-state index >= 15 is 0 Å². The molecule has 0 bridgehead atoms. The lowest BCUT2D eigenvalue weighted by molar-refractivity contribution is -0.146. The quantitative estimate of drug-likeness (QED) is 0.625. The van der Waals surface area contributed by atoms with Crippen molar-refractivity contribution in [3.8, 4) is 0 Å². The maximum Gasteiger partial charge on any atom is 0.307 e. The Kier molecular flexibility index (Phi) is 3.04. The van der Waals surface area contributed by atoms with E-state index in [2.05, 4.69) is 15.4 Å². The molecule has 1 fully saturated rings. The van der Waals surface area contributed by atoms with E-state index in [-0.39, 0.29) is 23.8 Å². The van der Waals surface area contributed by atoms with Crippen LogP contribution in [0.3, 0.4) is 0 Å². The Morgan fingerprint density at radius 3 is 2.53 bits per heavy atom. The van der Waals surface area contributed by atoms with Gasteiger partial charge in [-0.1, -0.05) is 0 Å². The van der Waals surface area contributed by atoms with Gasteiger partial charge in [-0.25, -0.2) is 0 Å². The first kappa shape index (κ1) is 12.0. The summed E-state index contributed by atoms with van der Waals surface area (Å²) in [6, 6.07) is 0. The van der Waals surface area contributed by atoms with Crippen molar-refractivity contribution < 1.29 is 14.3 Å². The fraction of sp³-hybridized carbons (Fsp3) is 0.800. The Labute approximate surface area is 89.6 Å². The van der Waals surface area contributed by atoms with Crippen molar-refractivity contribution in [2.75, 3.05) is 13.7 Å². The maximum atomic E-state index is 11.8. The summed E-state index contributed by atoms with van der Waals surface area (Å²) in [6.45, 7) is 6.19. The summed E-state index contributed by atoms with van der Waals surface area (Å²) in [5.41, 5.74) is -1.13. The van der Waals surface area contributed by atoms with Gasteiger partial charge in [-0.3, -0.25) is 9.59 Å². The number of piperazine rings is 1. The molecule has 1 rings (SSSR count). The second kappa shape index (κ2) is 3.81. The first-order chi connectivity index (χ1) is 6.79. The average molecular weight is 214 g/mol. The minimum Gasteiger partial charge on any atom is -0.469 e. The zero-order chi connectivity index (χ0) is 11.7. The minimum atomic E-state index is -0.859. The van der Waals surface area contributed by atoms with Crippen LogP contribution in [0.15, 0.2) is 0 Å². The fourth-order valence-electron chi connectivity index (χ4n) is 1.49. The second-order valence-electron chi connectivity index (χ2n) is 4.78. The van der Waals surface area contributed by atoms with Gasteiger partial charge in [0.2, 0.25) is 5.91 Å². The van der Waals surface area contributed by atoms with E-state index < -0.39 is 5.54 Å². The lowest BCUT2D eigenvalue weighted by atomic mass is 9.89. The van der Waals surface area contributed by atoms with Crippen LogP contribution in [0.4, 0.5) is 0 Å². The predicted octanol–water partition coefficient (Wildman–Crippen LogP) is -0.194. The summed E-state index contributed by atoms with van der Waals surface area (Å²) in [4.78, 5) is 23.0. The molecule has 1 aliphatic heterocycles. The highest BCUT2D eigenvalue weighted by Gasteiger charge is 2.42. The molecule has 0 saturated carbocycles. The van der Waals surface area contributed by atoms with Crippen LogP contribution in [0.5, 0.6) is 0 Å². The van der Waals surface area contributed by atoms with Gasteiger partial charge in [0.05, 0.1) is 13.5 Å². The number of carbonyl (C=O) groups excluding carboxylic acids is 2. The Morgan fingerprint density at radius 2 is 2.07 bits per heavy atom. The van der Waals surface area contributed by atoms with Crippen molar-refractivity contribution >= 4 is 11.9 Å². The molecular weight excluding hydrogens is 196 g/mol. The summed E-state index contributed by atoms with van der Waals surface area (Å²) in [6.07, 6.45) is 0.0470. The van der Waals surface area contributed by atoms with Gasteiger partial charge in [0.25, 0.3) is 0 Å². The van der Waals surface area contributed by atoms with Crippen LogP contribution in [-0.4, -0.2) is 36.6 Å². The molecule has 0 aliphatic carbocycles. The van der Waals surface area contributed by atoms with E-state index in [1.54, 1.807) is 6.92 Å². The summed E-state index contributed by atoms with van der Waals surface area (Å²) >= 11 is 0. The highest BCUT2D eigenvalue weighted by atomic mass is 16.5. The molecule has 0 radical (unpaired) electrons. The number of hydrogen-bond acceptors (Lipinski definition) is 4. The Bertz CT molecular complexity index is 288. The van der Waals surface area contributed by atoms with E-state index in [1.165, 1.54) is 7.11 Å². The Hall–Kier alpha value is -1.10. The monoisotopic (exact) mass is 214 g/mol. The number of nitrogens with one attached hydrogen (secondary N) is 2. The molecule has 15 heavy (non-hydrogen) atoms. The third-order valence-corrected chi connectivity index (χ3v) is 2.60. The molecule has 86 valence electrons. The van der Waals surface area contributed by atoms with E-state index in [4.69, 9.17) is 0 Å². The average Bonchev–Trinajstić information content (AvgIpc) is 2.12. The lowest BCUT2D eigenvalue weighted by Gasteiger charge is -2.41. The van der Waals surface area contributed by atoms with Crippen molar-refractivity contribution in [1.29, 1.82) is 0 Å². The van der Waals surface area contributed by atoms with Gasteiger partial charge < -0.3 is 15.4 Å². The van der Waals surface area contributed by atoms with E-state index in [1.807, 2.05) is 13.8 Å². The van der Waals surface area contributed by atoms with Gasteiger partial charge in [-0.15, -0.1) is 0 Å². The smallest absolute Gasteiger partial charge is 0.307 e. The SMILES string of the molecule is COC(=O)CC1(C)NCC(C)(C)NC1=O. The van der Waals surface area contributed by atoms with Crippen molar-refractivity contribution in [3.05, 3.63) is 0 Å². The van der Waals surface area contributed by atoms with E-state index in [9.17, 15) is 9.59 Å². The molecule has 1 unspecified atom stereocenters. The molecular formula is C10H18N2O3. The molecule has 0 aromatic carbocycles. The summed E-state index contributed by atoms with van der Waals surface area (Å²) in [5.74, 6) is -0.552. The summed E-state index contributed by atoms with van der Waals surface area (Å²) < 4.78 is 4.56. The highest BCUT2D eigenvalue weighted by Crippen LogP contribution is 2.18. The summed E-state index contributed by atoms with van der Waals surface area (Å²) in [5, 5.41) is 5.95. The van der Waals surface area contributed by atoms with Crippen LogP contribution in [0, 0.1) is 0 Å². The molecule has 0 aromatic rings. The molecule has 0 spiro atoms. The number of ether oxygens (including phenoxy) is 1. The van der Waals surface area contributed by atoms with Crippen LogP contribution in [-0.2, 0) is 14.3 Å². The van der Waals surface area contributed by atoms with Crippen molar-refractivity contribution in [1.82, 2.24) is 10.6 Å². The molecule has 5 nitrogen and oxygen atoms in total. The van der Waals surface area contributed by atoms with Crippen molar-refractivity contribution in [3.63, 3.8) is 0 Å². The molecule has 1 heterocycles. The molecule has 1 amide bonds. The van der Waals surface area contributed by atoms with Crippen molar-refractivity contribution in [2.24, 2.45) is 0 Å². The van der Waals surface area contributed by atoms with Crippen LogP contribution in [0.1, 0.15) is 27.2 Å². The molecule has 1 saturated heterocycles. The zero-order valence-corrected chi connectivity index (χ0v) is 9.64. The Balaban J connectivity index is 2.71. The standard InChI is InChI=1S/C10H18N2O3/c1-9(2)6-11-10(3,8(14)12-9)5-7(13)15-4/h11H,5-6H2,1-4H3,(H,12,14). The van der Waals surface area contributed by atoms with Gasteiger partial charge >= 0.3 is 5.97 Å². The molecule has 0 aromatic heterocycles. The Morgan fingerprint density at radius 1 is 1.47 bits per heavy atom. The third-order valence-electron chi connectivity index (χ3n) is 2.60. The number of hydrogen-bond donors (Lipinski definition) is 2. The van der Waals surface area contributed by atoms with Crippen molar-refractivity contribution in [2.45, 2.75) is 38.3 Å². The number of methoxy groups -OCH3 is 1. The first-order valence-corrected chi connectivity index (χ1v) is 4.93. The number of rotatable bonds is 2. The number of carbonyl (C=O) groups is 2. The van der Waals surface area contributed by atoms with Crippen LogP contribution >= 0.6 is 0 Å². The maximum absolute atomic E-state index is 11.8. The highest BCUT2D eigenvalue weighted by molar-refractivity contribution is 5.91.